The number of carbonyl (C=O) groups is 1. The summed E-state index contributed by atoms with van der Waals surface area (Å²) in [5, 5.41) is 19.0. The SMILES string of the molecule is COc1cc(Br)c(C(O)CC(C)CC(=O)O)cc1OC. The number of aliphatic carboxylic acids is 1. The Labute approximate surface area is 126 Å². The molecule has 0 aromatic heterocycles. The molecule has 1 aromatic rings. The standard InChI is InChI=1S/C14H19BrO5/c1-8(5-14(17)18)4-11(16)9-6-12(19-2)13(20-3)7-10(9)15/h6-8,11,16H,4-5H2,1-3H3,(H,17,18). The number of carboxylic acids is 1. The highest BCUT2D eigenvalue weighted by atomic mass is 79.9. The molecule has 2 unspecified atom stereocenters. The molecule has 0 saturated carbocycles. The molecule has 0 amide bonds. The number of aliphatic hydroxyl groups excluding tert-OH is 1. The Bertz CT molecular complexity index is 475. The van der Waals surface area contributed by atoms with Crippen LogP contribution in [0.4, 0.5) is 0 Å². The van der Waals surface area contributed by atoms with Gasteiger partial charge in [0, 0.05) is 10.9 Å². The Morgan fingerprint density at radius 1 is 1.30 bits per heavy atom. The smallest absolute Gasteiger partial charge is 0.303 e. The Balaban J connectivity index is 2.92. The Kier molecular flexibility index (Phi) is 6.29. The monoisotopic (exact) mass is 346 g/mol. The predicted molar refractivity (Wildman–Crippen MR) is 78.2 cm³/mol. The van der Waals surface area contributed by atoms with Crippen molar-refractivity contribution < 1.29 is 24.5 Å². The Hall–Kier alpha value is -1.27. The second-order valence-corrected chi connectivity index (χ2v) is 5.54. The van der Waals surface area contributed by atoms with Crippen LogP contribution in [0.5, 0.6) is 11.5 Å². The van der Waals surface area contributed by atoms with Gasteiger partial charge in [-0.1, -0.05) is 22.9 Å². The van der Waals surface area contributed by atoms with Crippen molar-refractivity contribution in [1.82, 2.24) is 0 Å². The lowest BCUT2D eigenvalue weighted by atomic mass is 9.95. The Morgan fingerprint density at radius 2 is 1.85 bits per heavy atom. The molecule has 0 aliphatic heterocycles. The van der Waals surface area contributed by atoms with Crippen molar-refractivity contribution in [3.05, 3.63) is 22.2 Å². The van der Waals surface area contributed by atoms with Gasteiger partial charge in [0.05, 0.1) is 20.3 Å². The molecule has 1 rings (SSSR count). The molecule has 6 heteroatoms. The molecule has 0 radical (unpaired) electrons. The average Bonchev–Trinajstić information content (AvgIpc) is 2.36. The molecule has 20 heavy (non-hydrogen) atoms. The topological polar surface area (TPSA) is 76.0 Å². The highest BCUT2D eigenvalue weighted by Gasteiger charge is 2.19. The Morgan fingerprint density at radius 3 is 2.35 bits per heavy atom. The van der Waals surface area contributed by atoms with Crippen molar-refractivity contribution in [3.63, 3.8) is 0 Å². The molecule has 2 atom stereocenters. The van der Waals surface area contributed by atoms with Crippen LogP contribution in [0.3, 0.4) is 0 Å². The highest BCUT2D eigenvalue weighted by Crippen LogP contribution is 2.37. The van der Waals surface area contributed by atoms with Gasteiger partial charge >= 0.3 is 5.97 Å². The maximum absolute atomic E-state index is 10.7. The van der Waals surface area contributed by atoms with Gasteiger partial charge in [-0.05, 0) is 30.0 Å². The molecule has 0 aliphatic carbocycles. The third-order valence-electron chi connectivity index (χ3n) is 3.01. The first-order chi connectivity index (χ1) is 9.38. The maximum atomic E-state index is 10.7. The van der Waals surface area contributed by atoms with Crippen LogP contribution >= 0.6 is 15.9 Å². The van der Waals surface area contributed by atoms with Crippen LogP contribution in [0.15, 0.2) is 16.6 Å². The fraction of sp³-hybridized carbons (Fsp3) is 0.500. The minimum Gasteiger partial charge on any atom is -0.493 e. The minimum absolute atomic E-state index is 0.0297. The van der Waals surface area contributed by atoms with Gasteiger partial charge in [0.25, 0.3) is 0 Å². The normalized spacial score (nSPS) is 13.7. The van der Waals surface area contributed by atoms with E-state index in [0.717, 1.165) is 0 Å². The number of ether oxygens (including phenoxy) is 2. The molecule has 0 heterocycles. The summed E-state index contributed by atoms with van der Waals surface area (Å²) < 4.78 is 11.1. The van der Waals surface area contributed by atoms with E-state index >= 15 is 0 Å². The average molecular weight is 347 g/mol. The van der Waals surface area contributed by atoms with E-state index in [1.165, 1.54) is 14.2 Å². The summed E-state index contributed by atoms with van der Waals surface area (Å²) in [6, 6.07) is 3.42. The predicted octanol–water partition coefficient (Wildman–Crippen LogP) is 3.00. The molecule has 0 spiro atoms. The number of hydrogen-bond acceptors (Lipinski definition) is 4. The fourth-order valence-electron chi connectivity index (χ4n) is 2.01. The second-order valence-electron chi connectivity index (χ2n) is 4.68. The summed E-state index contributed by atoms with van der Waals surface area (Å²) in [5.41, 5.74) is 0.653. The van der Waals surface area contributed by atoms with Gasteiger partial charge in [-0.25, -0.2) is 0 Å². The molecule has 2 N–H and O–H groups in total. The van der Waals surface area contributed by atoms with Crippen molar-refractivity contribution in [2.75, 3.05) is 14.2 Å². The van der Waals surface area contributed by atoms with Crippen molar-refractivity contribution in [3.8, 4) is 11.5 Å². The zero-order valence-electron chi connectivity index (χ0n) is 11.7. The first-order valence-corrected chi connectivity index (χ1v) is 6.99. The minimum atomic E-state index is -0.865. The van der Waals surface area contributed by atoms with Crippen LogP contribution in [0.25, 0.3) is 0 Å². The summed E-state index contributed by atoms with van der Waals surface area (Å²) in [6.07, 6.45) is -0.374. The van der Waals surface area contributed by atoms with Gasteiger partial charge in [-0.15, -0.1) is 0 Å². The molecule has 1 aromatic carbocycles. The number of aliphatic hydroxyl groups is 1. The number of methoxy groups -OCH3 is 2. The molecule has 5 nitrogen and oxygen atoms in total. The first-order valence-electron chi connectivity index (χ1n) is 6.20. The van der Waals surface area contributed by atoms with E-state index in [0.29, 0.717) is 28.0 Å². The van der Waals surface area contributed by atoms with E-state index in [1.54, 1.807) is 19.1 Å². The molecular formula is C14H19BrO5. The van der Waals surface area contributed by atoms with Crippen LogP contribution in [0, 0.1) is 5.92 Å². The lowest BCUT2D eigenvalue weighted by molar-refractivity contribution is -0.138. The summed E-state index contributed by atoms with van der Waals surface area (Å²) in [4.78, 5) is 10.7. The van der Waals surface area contributed by atoms with E-state index in [4.69, 9.17) is 14.6 Å². The zero-order chi connectivity index (χ0) is 15.3. The van der Waals surface area contributed by atoms with Gasteiger partial charge < -0.3 is 19.7 Å². The van der Waals surface area contributed by atoms with E-state index < -0.39 is 12.1 Å². The zero-order valence-corrected chi connectivity index (χ0v) is 13.3. The summed E-state index contributed by atoms with van der Waals surface area (Å²) in [5.74, 6) is 0.100. The largest absolute Gasteiger partial charge is 0.493 e. The highest BCUT2D eigenvalue weighted by molar-refractivity contribution is 9.10. The van der Waals surface area contributed by atoms with E-state index in [1.807, 2.05) is 0 Å². The number of carboxylic acid groups (broad SMARTS) is 1. The first kappa shape index (κ1) is 16.8. The number of hydrogen-bond donors (Lipinski definition) is 2. The van der Waals surface area contributed by atoms with Crippen LogP contribution in [0.2, 0.25) is 0 Å². The number of halogens is 1. The van der Waals surface area contributed by atoms with Crippen molar-refractivity contribution in [2.24, 2.45) is 5.92 Å². The third kappa shape index (κ3) is 4.38. The third-order valence-corrected chi connectivity index (χ3v) is 3.70. The number of rotatable bonds is 7. The second kappa shape index (κ2) is 7.50. The molecular weight excluding hydrogens is 328 g/mol. The van der Waals surface area contributed by atoms with E-state index in [9.17, 15) is 9.90 Å². The molecule has 112 valence electrons. The van der Waals surface area contributed by atoms with Gasteiger partial charge in [0.1, 0.15) is 0 Å². The molecule has 0 bridgehead atoms. The van der Waals surface area contributed by atoms with E-state index in [2.05, 4.69) is 15.9 Å². The van der Waals surface area contributed by atoms with Gasteiger partial charge in [-0.2, -0.15) is 0 Å². The van der Waals surface area contributed by atoms with Crippen LogP contribution < -0.4 is 9.47 Å². The van der Waals surface area contributed by atoms with Crippen LogP contribution in [-0.2, 0) is 4.79 Å². The summed E-state index contributed by atoms with van der Waals surface area (Å²) in [6.45, 7) is 1.80. The van der Waals surface area contributed by atoms with Crippen molar-refractivity contribution >= 4 is 21.9 Å². The lowest BCUT2D eigenvalue weighted by Crippen LogP contribution is -2.10. The fourth-order valence-corrected chi connectivity index (χ4v) is 2.60. The van der Waals surface area contributed by atoms with Crippen LogP contribution in [-0.4, -0.2) is 30.4 Å². The maximum Gasteiger partial charge on any atom is 0.303 e. The number of benzene rings is 1. The molecule has 0 fully saturated rings. The van der Waals surface area contributed by atoms with Gasteiger partial charge in [0.2, 0.25) is 0 Å². The van der Waals surface area contributed by atoms with Gasteiger partial charge in [0.15, 0.2) is 11.5 Å². The summed E-state index contributed by atoms with van der Waals surface area (Å²) in [7, 11) is 3.06. The molecule has 0 aliphatic rings. The lowest BCUT2D eigenvalue weighted by Gasteiger charge is -2.18. The molecule has 0 saturated heterocycles. The van der Waals surface area contributed by atoms with Crippen molar-refractivity contribution in [2.45, 2.75) is 25.9 Å². The summed E-state index contributed by atoms with van der Waals surface area (Å²) >= 11 is 3.38. The van der Waals surface area contributed by atoms with Crippen molar-refractivity contribution in [1.29, 1.82) is 0 Å². The van der Waals surface area contributed by atoms with Gasteiger partial charge in [-0.3, -0.25) is 4.79 Å². The van der Waals surface area contributed by atoms with Crippen LogP contribution in [0.1, 0.15) is 31.4 Å². The quantitative estimate of drug-likeness (QED) is 0.793. The van der Waals surface area contributed by atoms with E-state index in [-0.39, 0.29) is 12.3 Å².